The number of ether oxygens (including phenoxy) is 3. The minimum Gasteiger partial charge on any atom is -0.870 e. The molecule has 119 heavy (non-hydrogen) atoms. The molecule has 1 fully saturated rings. The van der Waals surface area contributed by atoms with Crippen LogP contribution in [0.25, 0.3) is 0 Å². The Balaban J connectivity index is -0.000000197. The summed E-state index contributed by atoms with van der Waals surface area (Å²) in [5, 5.41) is 30.7. The van der Waals surface area contributed by atoms with Crippen molar-refractivity contribution < 1.29 is 82.9 Å². The molecule has 15 N–H and O–H groups in total. The Hall–Kier alpha value is -7.75. The fourth-order valence-electron chi connectivity index (χ4n) is 8.51. The van der Waals surface area contributed by atoms with E-state index in [0.717, 1.165) is 115 Å². The topological polar surface area (TPSA) is 519 Å². The van der Waals surface area contributed by atoms with Crippen molar-refractivity contribution in [3.63, 3.8) is 0 Å². The third kappa shape index (κ3) is 51.6. The number of oxime groups is 1. The molecule has 1 unspecified atom stereocenters. The van der Waals surface area contributed by atoms with Crippen LogP contribution in [0.1, 0.15) is 213 Å². The summed E-state index contributed by atoms with van der Waals surface area (Å²) in [6.07, 6.45) is 2.19. The molecule has 9 rings (SSSR count). The van der Waals surface area contributed by atoms with Gasteiger partial charge in [-0.15, -0.1) is 12.4 Å². The number of halogens is 6. The summed E-state index contributed by atoms with van der Waals surface area (Å²) >= 11 is 25.4. The van der Waals surface area contributed by atoms with Gasteiger partial charge in [0.2, 0.25) is 0 Å². The Bertz CT molecular complexity index is 4470. The molecular weight excluding hydrogens is 1730 g/mol. The average Bonchev–Trinajstić information content (AvgIpc) is 1.72. The normalized spacial score (nSPS) is 11.2. The fourth-order valence-corrected chi connectivity index (χ4v) is 9.03. The van der Waals surface area contributed by atoms with E-state index in [1.807, 2.05) is 140 Å². The summed E-state index contributed by atoms with van der Waals surface area (Å²) in [5.74, 6) is 3.45. The number of anilines is 2. The SMILES string of the molecule is CC(=N)N.CCOC(=O)C(C)C(C)=O.COC(=O)c1ccc([C@H](C)N)cc1.COC(=O)c1ccc([C@H](C)Nc2nc(C)nc(C)c2C)cc1.Cc1nc(C)c(C)c(=O)[nH]1.Cc1nc(C)c(C)c(Cl)n1.Cc1nc(C)c(C)c(Cl)n1.Cc1nc(C)c(C)c(N[C@@H](C)c2ccc(C(=O)O)cc2)n1.Cl.N/C(=N\O)C1CC1.O.O=P(Cl)(Cl)Cl.S.S.S.[Li+].[OH-]. The molecule has 0 saturated heterocycles. The van der Waals surface area contributed by atoms with E-state index < -0.39 is 23.1 Å². The number of aryl methyl sites for hydroxylation is 10. The third-order valence-corrected chi connectivity index (χ3v) is 16.5. The van der Waals surface area contributed by atoms with Gasteiger partial charge in [0.15, 0.2) is 0 Å². The Morgan fingerprint density at radius 1 is 0.571 bits per heavy atom. The maximum Gasteiger partial charge on any atom is 1.00 e. The number of carbonyl (C=O) groups is 5. The number of methoxy groups -OCH3 is 2. The van der Waals surface area contributed by atoms with Crippen LogP contribution in [0.15, 0.2) is 82.7 Å². The van der Waals surface area contributed by atoms with Gasteiger partial charge in [-0.1, -0.05) is 64.8 Å². The van der Waals surface area contributed by atoms with E-state index in [2.05, 4.69) is 116 Å². The van der Waals surface area contributed by atoms with Crippen LogP contribution in [-0.4, -0.2) is 133 Å². The number of aromatic amines is 1. The van der Waals surface area contributed by atoms with Crippen molar-refractivity contribution in [2.75, 3.05) is 31.5 Å². The predicted molar refractivity (Wildman–Crippen MR) is 489 cm³/mol. The smallest absolute Gasteiger partial charge is 0.870 e. The number of carbonyl (C=O) groups excluding carboxylic acids is 4. The number of nitrogens with one attached hydrogen (secondary N) is 4. The second-order valence-electron chi connectivity index (χ2n) is 25.2. The van der Waals surface area contributed by atoms with Crippen LogP contribution in [0.2, 0.25) is 10.3 Å². The van der Waals surface area contributed by atoms with E-state index in [-0.39, 0.29) is 136 Å². The van der Waals surface area contributed by atoms with Crippen LogP contribution in [0.4, 0.5) is 11.6 Å². The van der Waals surface area contributed by atoms with E-state index in [9.17, 15) is 33.3 Å². The van der Waals surface area contributed by atoms with Crippen molar-refractivity contribution in [2.45, 2.75) is 183 Å². The minimum absolute atomic E-state index is 0. The Labute approximate surface area is 761 Å². The van der Waals surface area contributed by atoms with Crippen LogP contribution < -0.4 is 52.3 Å². The second kappa shape index (κ2) is 64.1. The maximum atomic E-state index is 11.5. The molecule has 0 radical (unpaired) electrons. The van der Waals surface area contributed by atoms with E-state index in [0.29, 0.717) is 51.2 Å². The number of nitrogens with two attached hydrogens (primary N) is 3. The van der Waals surface area contributed by atoms with Gasteiger partial charge in [0, 0.05) is 80.3 Å². The van der Waals surface area contributed by atoms with Gasteiger partial charge in [0.1, 0.15) is 68.6 Å². The molecule has 31 nitrogen and oxygen atoms in total. The van der Waals surface area contributed by atoms with E-state index in [4.69, 9.17) is 60.9 Å². The fraction of sp³-hybridized carbons (Fsp3) is 0.416. The molecule has 1 aliphatic carbocycles. The summed E-state index contributed by atoms with van der Waals surface area (Å²) in [6.45, 7) is 40.8. The number of ketones is 1. The maximum absolute atomic E-state index is 11.5. The van der Waals surface area contributed by atoms with Gasteiger partial charge in [-0.3, -0.25) is 24.4 Å². The number of amidine groups is 2. The number of nitrogens with zero attached hydrogens (tertiary/aromatic N) is 10. The summed E-state index contributed by atoms with van der Waals surface area (Å²) in [6, 6.07) is 21.4. The molecule has 660 valence electrons. The van der Waals surface area contributed by atoms with Crippen LogP contribution in [0, 0.1) is 121 Å². The molecule has 3 aromatic carbocycles. The number of rotatable bonds is 14. The number of aromatic nitrogens is 10. The molecule has 0 bridgehead atoms. The molecule has 0 aliphatic heterocycles. The quantitative estimate of drug-likeness (QED) is 0.00466. The number of esters is 3. The largest absolute Gasteiger partial charge is 1.00 e. The van der Waals surface area contributed by atoms with Crippen molar-refractivity contribution in [1.29, 1.82) is 5.41 Å². The number of carboxylic acids is 1. The number of benzene rings is 3. The number of hydrogen-bond acceptors (Lipinski definition) is 26. The average molecular weight is 1850 g/mol. The number of hydrogen-bond donors (Lipinski definition) is 9. The van der Waals surface area contributed by atoms with Crippen LogP contribution in [-0.2, 0) is 28.4 Å². The molecule has 1 saturated carbocycles. The molecular formula is C77H117Cl6LiN17O14PS3. The monoisotopic (exact) mass is 1850 g/mol. The Morgan fingerprint density at radius 3 is 1.12 bits per heavy atom. The molecule has 1 aliphatic rings. The molecule has 8 aromatic rings. The molecule has 5 heterocycles. The first-order valence-corrected chi connectivity index (χ1v) is 39.9. The van der Waals surface area contributed by atoms with Gasteiger partial charge < -0.3 is 68.3 Å². The van der Waals surface area contributed by atoms with E-state index >= 15 is 0 Å². The van der Waals surface area contributed by atoms with Crippen molar-refractivity contribution in [2.24, 2.45) is 34.2 Å². The first-order chi connectivity index (χ1) is 51.9. The minimum atomic E-state index is -3.22. The van der Waals surface area contributed by atoms with Crippen LogP contribution in [0.5, 0.6) is 0 Å². The second-order valence-corrected chi connectivity index (χ2v) is 32.6. The summed E-state index contributed by atoms with van der Waals surface area (Å²) in [7, 11) is 2.74. The van der Waals surface area contributed by atoms with Crippen LogP contribution in [0.3, 0.4) is 0 Å². The molecule has 0 amide bonds. The van der Waals surface area contributed by atoms with Crippen LogP contribution >= 0.6 is 115 Å². The van der Waals surface area contributed by atoms with Crippen molar-refractivity contribution in [1.82, 2.24) is 49.8 Å². The predicted octanol–water partition coefficient (Wildman–Crippen LogP) is 13.4. The summed E-state index contributed by atoms with van der Waals surface area (Å²) in [4.78, 5) is 106. The van der Waals surface area contributed by atoms with Gasteiger partial charge in [0.25, 0.3) is 5.56 Å². The van der Waals surface area contributed by atoms with Crippen molar-refractivity contribution >= 4 is 168 Å². The Morgan fingerprint density at radius 2 is 0.866 bits per heavy atom. The number of carboxylic acid groups (broad SMARTS) is 1. The molecule has 0 spiro atoms. The molecule has 4 atom stereocenters. The van der Waals surface area contributed by atoms with Crippen molar-refractivity contribution in [3.8, 4) is 0 Å². The third-order valence-electron chi connectivity index (χ3n) is 15.8. The van der Waals surface area contributed by atoms with Gasteiger partial charge in [-0.2, -0.15) is 40.5 Å². The van der Waals surface area contributed by atoms with Gasteiger partial charge in [0.05, 0.1) is 43.4 Å². The number of Topliss-reactive ketones (excluding diaryl/α,β-unsaturated/α-hetero) is 1. The Kier molecular flexibility index (Phi) is 68.3. The summed E-state index contributed by atoms with van der Waals surface area (Å²) < 4.78 is 23.4. The van der Waals surface area contributed by atoms with Gasteiger partial charge in [-0.25, -0.2) is 59.2 Å². The zero-order valence-electron chi connectivity index (χ0n) is 71.8. The molecule has 5 aromatic heterocycles. The zero-order chi connectivity index (χ0) is 86.4. The zero-order valence-corrected chi connectivity index (χ0v) is 80.3. The summed E-state index contributed by atoms with van der Waals surface area (Å²) in [5.41, 5.74) is 29.3. The first kappa shape index (κ1) is 127. The molecule has 42 heteroatoms. The van der Waals surface area contributed by atoms with E-state index in [1.54, 1.807) is 64.1 Å². The standard InChI is InChI=1S/C17H21N3O2.C16H19N3O2.C10H13NO2.2C7H9ClN2.C7H10N2O.C7H12O3.C4H8N2O.C2H6N2.Cl3OP.ClH.Li.2H2O.3H2S/c1-10-11(2)18-13(4)20-16(10)19-12(3)14-6-8-15(9-7-14)17(21)22-5;1-9-10(2)17-12(4)19-15(9)18-11(3)13-5-7-14(8-6-13)16(20)21;1-7(11)8-3-5-9(6-4-8)10(12)13-2;2*1-4-5(2)9-6(3)10-7(4)8;1-4-5(2)8-6(3)9-7(4)10;1-4-10-7(9)5(2)6(3)8;5-4(6-7)3-1-2-3;1-2(3)4;1-5(2,3)4;;;;;;;/h6-9,12H,1-5H3,(H,18,19,20);5-8,11H,1-4H3,(H,20,21)(H,17,18,19);3-7H,11H2,1-2H3;2*1-3H3;1-3H3,(H,8,9,10);5H,4H2,1-3H3;3,7H,1-2H2,(H2,5,6);1H3,(H3,3,4);;1H;;5*1H2/q;;;;;;;;;;;+1;;;;;/p-1/t12-;11-;7-;;;;;;;;;;;;;;/m000............../s1. The number of aromatic carboxylic acids is 1. The van der Waals surface area contributed by atoms with Gasteiger partial charge >= 0.3 is 47.9 Å². The van der Waals surface area contributed by atoms with Gasteiger partial charge in [-0.05, 0) is 252 Å². The van der Waals surface area contributed by atoms with Crippen molar-refractivity contribution in [3.05, 3.63) is 212 Å². The first-order valence-electron chi connectivity index (χ1n) is 34.7. The number of H-pyrrole nitrogens is 1. The van der Waals surface area contributed by atoms with E-state index in [1.165, 1.54) is 28.1 Å².